The largest absolute Gasteiger partial charge is 0.509 e. The summed E-state index contributed by atoms with van der Waals surface area (Å²) in [5, 5.41) is 0.729. The molecule has 0 atom stereocenters. The Kier molecular flexibility index (Phi) is 12.3. The molecule has 0 fully saturated rings. The number of hydrogen-bond donors (Lipinski definition) is 0. The van der Waals surface area contributed by atoms with Gasteiger partial charge < -0.3 is 19.1 Å². The van der Waals surface area contributed by atoms with Crippen LogP contribution < -0.4 is 14.5 Å². The number of para-hydroxylation sites is 3. The van der Waals surface area contributed by atoms with Crippen molar-refractivity contribution in [1.29, 1.82) is 0 Å². The number of rotatable bonds is 10. The molecule has 0 saturated heterocycles. The average Bonchev–Trinajstić information content (AvgIpc) is 1.62. The third-order valence-corrected chi connectivity index (χ3v) is 17.7. The Labute approximate surface area is 547 Å². The van der Waals surface area contributed by atoms with Gasteiger partial charge in [-0.3, -0.25) is 0 Å². The maximum Gasteiger partial charge on any atom is 0.135 e. The minimum atomic E-state index is -0.684. The Hall–Kier alpha value is -8.76. The summed E-state index contributed by atoms with van der Waals surface area (Å²) in [6.07, 6.45) is 3.66. The Morgan fingerprint density at radius 2 is 1.10 bits per heavy atom. The quantitative estimate of drug-likeness (QED) is 0.128. The van der Waals surface area contributed by atoms with E-state index in [-0.39, 0.29) is 89.5 Å². The SMILES string of the molecule is [2H]c1c([2H])c([2H])c(-c2cnc(-n3c4[c-]c(Oc5[c-]c(N6[CH-]N(c7c(-c8cc(-c9ccccc9)cc(-c9ccccc9)c8)cc(C(C)(C)C)cc7-c7ccc8c(c7)C(C)(C)CCC8(C)C)c7ccccc76)ccc5)ccc4c4c([2H])c([2H])c([2H])c([2H])c43)cc2C(C)(C)C)c([2H])c1[2H].[Pt]. The number of aromatic nitrogens is 2. The first kappa shape index (κ1) is 48.3. The molecule has 0 radical (unpaired) electrons. The van der Waals surface area contributed by atoms with Gasteiger partial charge in [0.2, 0.25) is 0 Å². The molecule has 1 aliphatic carbocycles. The van der Waals surface area contributed by atoms with E-state index in [2.05, 4.69) is 211 Å². The van der Waals surface area contributed by atoms with Crippen molar-refractivity contribution in [3.05, 3.63) is 271 Å². The van der Waals surface area contributed by atoms with Crippen molar-refractivity contribution in [1.82, 2.24) is 9.55 Å². The summed E-state index contributed by atoms with van der Waals surface area (Å²) >= 11 is 0. The van der Waals surface area contributed by atoms with Crippen molar-refractivity contribution < 1.29 is 38.1 Å². The van der Waals surface area contributed by atoms with Gasteiger partial charge in [-0.25, -0.2) is 4.98 Å². The van der Waals surface area contributed by atoms with E-state index in [4.69, 9.17) is 19.3 Å². The number of hydrogen-bond acceptors (Lipinski definition) is 4. The topological polar surface area (TPSA) is 33.5 Å². The number of ether oxygens (including phenoxy) is 1. The summed E-state index contributed by atoms with van der Waals surface area (Å²) < 4.78 is 87.9. The second kappa shape index (κ2) is 22.4. The van der Waals surface area contributed by atoms with Crippen molar-refractivity contribution in [2.45, 2.75) is 104 Å². The van der Waals surface area contributed by atoms with E-state index in [9.17, 15) is 2.74 Å². The molecule has 3 heterocycles. The molecule has 440 valence electrons. The average molecular weight is 1330 g/mol. The Morgan fingerprint density at radius 3 is 1.77 bits per heavy atom. The fraction of sp³-hybridized carbons (Fsp3) is 0.195. The molecule has 12 aromatic rings. The first-order chi connectivity index (χ1) is 45.6. The van der Waals surface area contributed by atoms with Crippen LogP contribution in [0.1, 0.15) is 117 Å². The zero-order valence-corrected chi connectivity index (χ0v) is 53.5. The van der Waals surface area contributed by atoms with E-state index in [0.29, 0.717) is 33.5 Å². The van der Waals surface area contributed by atoms with Crippen LogP contribution in [-0.2, 0) is 42.7 Å². The predicted octanol–water partition coefficient (Wildman–Crippen LogP) is 22.3. The Bertz CT molecular complexity index is 5080. The van der Waals surface area contributed by atoms with E-state index in [0.717, 1.165) is 74.4 Å². The van der Waals surface area contributed by atoms with Crippen LogP contribution in [0.5, 0.6) is 11.5 Å². The fourth-order valence-corrected chi connectivity index (χ4v) is 12.8. The molecule has 0 amide bonds. The van der Waals surface area contributed by atoms with Crippen molar-refractivity contribution in [2.24, 2.45) is 0 Å². The molecule has 0 saturated carbocycles. The summed E-state index contributed by atoms with van der Waals surface area (Å²) in [4.78, 5) is 9.39. The van der Waals surface area contributed by atoms with Crippen molar-refractivity contribution in [3.8, 4) is 73.0 Å². The maximum absolute atomic E-state index is 9.36. The minimum absolute atomic E-state index is 0. The third-order valence-electron chi connectivity index (χ3n) is 17.7. The van der Waals surface area contributed by atoms with E-state index >= 15 is 0 Å². The van der Waals surface area contributed by atoms with Crippen LogP contribution in [0, 0.1) is 18.8 Å². The zero-order chi connectivity index (χ0) is 67.8. The molecule has 14 rings (SSSR count). The van der Waals surface area contributed by atoms with E-state index in [1.165, 1.54) is 22.9 Å². The first-order valence-electron chi connectivity index (χ1n) is 34.5. The normalized spacial score (nSPS) is 15.8. The minimum Gasteiger partial charge on any atom is -0.509 e. The summed E-state index contributed by atoms with van der Waals surface area (Å²) in [5.41, 5.74) is 16.9. The van der Waals surface area contributed by atoms with Gasteiger partial charge in [-0.15, -0.1) is 48.1 Å². The van der Waals surface area contributed by atoms with Gasteiger partial charge in [-0.1, -0.05) is 214 Å². The molecular weight excluding hydrogens is 1250 g/mol. The van der Waals surface area contributed by atoms with Crippen molar-refractivity contribution >= 4 is 44.6 Å². The molecule has 0 unspecified atom stereocenters. The van der Waals surface area contributed by atoms with E-state index < -0.39 is 35.6 Å². The second-order valence-corrected chi connectivity index (χ2v) is 26.6. The van der Waals surface area contributed by atoms with Crippen LogP contribution in [-0.4, -0.2) is 9.55 Å². The van der Waals surface area contributed by atoms with Gasteiger partial charge in [0.1, 0.15) is 5.82 Å². The molecule has 0 spiro atoms. The Morgan fingerprint density at radius 1 is 0.500 bits per heavy atom. The van der Waals surface area contributed by atoms with Crippen LogP contribution in [0.15, 0.2) is 230 Å². The van der Waals surface area contributed by atoms with E-state index in [1.807, 2.05) is 39.0 Å². The molecule has 1 aliphatic heterocycles. The molecule has 6 heteroatoms. The van der Waals surface area contributed by atoms with Crippen LogP contribution in [0.4, 0.5) is 22.7 Å². The molecule has 5 nitrogen and oxygen atoms in total. The van der Waals surface area contributed by atoms with Crippen molar-refractivity contribution in [2.75, 3.05) is 9.80 Å². The number of pyridine rings is 1. The van der Waals surface area contributed by atoms with Crippen LogP contribution in [0.2, 0.25) is 0 Å². The predicted molar refractivity (Wildman–Crippen MR) is 364 cm³/mol. The molecule has 10 aromatic carbocycles. The third kappa shape index (κ3) is 10.7. The van der Waals surface area contributed by atoms with Crippen molar-refractivity contribution in [3.63, 3.8) is 0 Å². The van der Waals surface area contributed by atoms with Crippen LogP contribution in [0.25, 0.3) is 83.3 Å². The summed E-state index contributed by atoms with van der Waals surface area (Å²) in [5.74, 6) is 0.902. The molecule has 2 aromatic heterocycles. The smallest absolute Gasteiger partial charge is 0.135 e. The number of fused-ring (bicyclic) bond motifs is 5. The summed E-state index contributed by atoms with van der Waals surface area (Å²) in [7, 11) is 0. The van der Waals surface area contributed by atoms with Gasteiger partial charge >= 0.3 is 0 Å². The molecule has 0 N–H and O–H groups in total. The molecule has 88 heavy (non-hydrogen) atoms. The monoisotopic (exact) mass is 1330 g/mol. The maximum atomic E-state index is 9.36. The number of benzene rings is 10. The van der Waals surface area contributed by atoms with Crippen LogP contribution >= 0.6 is 0 Å². The van der Waals surface area contributed by atoms with Gasteiger partial charge in [0.15, 0.2) is 0 Å². The van der Waals surface area contributed by atoms with Gasteiger partial charge in [-0.2, -0.15) is 12.1 Å². The molecule has 0 bridgehead atoms. The standard InChI is InChI=1S/C82H73N4O.Pt/c1-79(2,3)61-47-67(57-37-40-70-72(46-57)82(9,10)42-41-81(70,7)8)78(68(48-61)60-44-58(54-25-14-11-15-26-54)43-59(45-60)55-27-16-12-17-28-55)85-53-84(74-35-22-23-36-75(74)85)62-31-24-32-63(49-62)87-64-38-39-66-65-33-20-21-34-73(65)86(76(66)50-64)77-51-71(80(4,5)6)69(52-83-77)56-29-18-13-19-30-56;/h11-40,43-48,51-53H,41-42H2,1-10H3;/q-3;/i13D,18D,19D,20D,21D,29D,30D,33D,34D;. The Balaban J connectivity index is 0.00000849. The van der Waals surface area contributed by atoms with Gasteiger partial charge in [0.05, 0.1) is 12.3 Å². The number of anilines is 4. The second-order valence-electron chi connectivity index (χ2n) is 26.6. The fourth-order valence-electron chi connectivity index (χ4n) is 12.8. The number of nitrogens with zero attached hydrogens (tertiary/aromatic N) is 4. The first-order valence-corrected chi connectivity index (χ1v) is 30.0. The van der Waals surface area contributed by atoms with Gasteiger partial charge in [-0.05, 0) is 156 Å². The zero-order valence-electron chi connectivity index (χ0n) is 60.2. The van der Waals surface area contributed by atoms with Gasteiger partial charge in [0.25, 0.3) is 0 Å². The van der Waals surface area contributed by atoms with Gasteiger partial charge in [0, 0.05) is 78.0 Å². The summed E-state index contributed by atoms with van der Waals surface area (Å²) in [6, 6.07) is 63.3. The molecular formula is C82H73N4OPt-3. The van der Waals surface area contributed by atoms with Crippen LogP contribution in [0.3, 0.4) is 0 Å². The van der Waals surface area contributed by atoms with E-state index in [1.54, 1.807) is 22.8 Å². The molecule has 2 aliphatic rings. The summed E-state index contributed by atoms with van der Waals surface area (Å²) in [6.45, 7) is 24.4.